The standard InChI is InChI=1S/C15H13FN2O5S/c16-11-3-1-2-4-14(11)24(20,21)18-17-15(19)10-5-6-12-13(9-10)23-8-7-22-12/h1-6,9,18H,7-8H2,(H,17,19). The van der Waals surface area contributed by atoms with Crippen LogP contribution in [-0.2, 0) is 10.0 Å². The monoisotopic (exact) mass is 352 g/mol. The lowest BCUT2D eigenvalue weighted by atomic mass is 10.2. The first-order valence-corrected chi connectivity index (χ1v) is 8.42. The number of ether oxygens (including phenoxy) is 2. The largest absolute Gasteiger partial charge is 0.486 e. The second kappa shape index (κ2) is 6.46. The number of hydrogen-bond acceptors (Lipinski definition) is 5. The van der Waals surface area contributed by atoms with Crippen LogP contribution in [-0.4, -0.2) is 27.5 Å². The molecule has 0 aromatic heterocycles. The lowest BCUT2D eigenvalue weighted by molar-refractivity contribution is 0.0944. The molecule has 126 valence electrons. The lowest BCUT2D eigenvalue weighted by Crippen LogP contribution is -2.41. The van der Waals surface area contributed by atoms with Crippen LogP contribution in [0.25, 0.3) is 0 Å². The molecule has 24 heavy (non-hydrogen) atoms. The Kier molecular flexibility index (Phi) is 4.36. The summed E-state index contributed by atoms with van der Waals surface area (Å²) in [4.78, 5) is 13.4. The van der Waals surface area contributed by atoms with E-state index in [4.69, 9.17) is 9.47 Å². The van der Waals surface area contributed by atoms with Gasteiger partial charge in [0.05, 0.1) is 0 Å². The third kappa shape index (κ3) is 3.31. The highest BCUT2D eigenvalue weighted by atomic mass is 32.2. The minimum Gasteiger partial charge on any atom is -0.486 e. The second-order valence-corrected chi connectivity index (χ2v) is 6.50. The molecule has 2 N–H and O–H groups in total. The van der Waals surface area contributed by atoms with Crippen LogP contribution in [0.3, 0.4) is 0 Å². The molecule has 2 aromatic carbocycles. The molecule has 0 saturated carbocycles. The molecule has 1 aliphatic heterocycles. The number of nitrogens with one attached hydrogen (secondary N) is 2. The van der Waals surface area contributed by atoms with Crippen LogP contribution in [0.5, 0.6) is 11.5 Å². The minimum atomic E-state index is -4.22. The predicted molar refractivity (Wildman–Crippen MR) is 81.6 cm³/mol. The number of carbonyl (C=O) groups excluding carboxylic acids is 1. The van der Waals surface area contributed by atoms with Crippen LogP contribution in [0.2, 0.25) is 0 Å². The van der Waals surface area contributed by atoms with Crippen molar-refractivity contribution in [3.8, 4) is 11.5 Å². The molecule has 0 fully saturated rings. The molecule has 1 aliphatic rings. The number of rotatable bonds is 4. The molecular formula is C15H13FN2O5S. The van der Waals surface area contributed by atoms with Gasteiger partial charge in [-0.05, 0) is 30.3 Å². The summed E-state index contributed by atoms with van der Waals surface area (Å²) in [5.41, 5.74) is 2.19. The van der Waals surface area contributed by atoms with Gasteiger partial charge in [0.1, 0.15) is 23.9 Å². The number of sulfonamides is 1. The van der Waals surface area contributed by atoms with E-state index >= 15 is 0 Å². The highest BCUT2D eigenvalue weighted by Gasteiger charge is 2.20. The average molecular weight is 352 g/mol. The first kappa shape index (κ1) is 16.2. The van der Waals surface area contributed by atoms with Crippen LogP contribution in [0.15, 0.2) is 47.4 Å². The zero-order valence-electron chi connectivity index (χ0n) is 12.3. The van der Waals surface area contributed by atoms with Gasteiger partial charge in [0.15, 0.2) is 11.5 Å². The molecule has 0 saturated heterocycles. The molecule has 0 bridgehead atoms. The summed E-state index contributed by atoms with van der Waals surface area (Å²) < 4.78 is 48.3. The summed E-state index contributed by atoms with van der Waals surface area (Å²) in [7, 11) is -4.22. The van der Waals surface area contributed by atoms with Crippen molar-refractivity contribution >= 4 is 15.9 Å². The van der Waals surface area contributed by atoms with E-state index in [0.29, 0.717) is 24.7 Å². The van der Waals surface area contributed by atoms with Crippen molar-refractivity contribution in [1.82, 2.24) is 10.3 Å². The van der Waals surface area contributed by atoms with Gasteiger partial charge >= 0.3 is 0 Å². The maximum absolute atomic E-state index is 13.6. The maximum Gasteiger partial charge on any atom is 0.266 e. The van der Waals surface area contributed by atoms with Gasteiger partial charge in [-0.15, -0.1) is 4.83 Å². The van der Waals surface area contributed by atoms with Crippen molar-refractivity contribution < 1.29 is 27.1 Å². The maximum atomic E-state index is 13.6. The van der Waals surface area contributed by atoms with Gasteiger partial charge in [-0.25, -0.2) is 12.8 Å². The fourth-order valence-electron chi connectivity index (χ4n) is 2.09. The zero-order chi connectivity index (χ0) is 17.2. The third-order valence-electron chi connectivity index (χ3n) is 3.23. The summed E-state index contributed by atoms with van der Waals surface area (Å²) in [6.45, 7) is 0.777. The Bertz CT molecular complexity index is 885. The predicted octanol–water partition coefficient (Wildman–Crippen LogP) is 1.22. The van der Waals surface area contributed by atoms with Gasteiger partial charge in [0.2, 0.25) is 0 Å². The van der Waals surface area contributed by atoms with Crippen LogP contribution in [0.1, 0.15) is 10.4 Å². The lowest BCUT2D eigenvalue weighted by Gasteiger charge is -2.18. The normalized spacial score (nSPS) is 13.4. The van der Waals surface area contributed by atoms with E-state index in [0.717, 1.165) is 12.1 Å². The molecule has 1 heterocycles. The van der Waals surface area contributed by atoms with Crippen LogP contribution >= 0.6 is 0 Å². The van der Waals surface area contributed by atoms with E-state index in [9.17, 15) is 17.6 Å². The van der Waals surface area contributed by atoms with Gasteiger partial charge in [-0.2, -0.15) is 0 Å². The first-order chi connectivity index (χ1) is 11.5. The Balaban J connectivity index is 1.73. The number of amides is 1. The van der Waals surface area contributed by atoms with Crippen molar-refractivity contribution in [2.45, 2.75) is 4.90 Å². The molecule has 3 rings (SSSR count). The quantitative estimate of drug-likeness (QED) is 0.807. The summed E-state index contributed by atoms with van der Waals surface area (Å²) in [5, 5.41) is 0. The van der Waals surface area contributed by atoms with E-state index < -0.39 is 26.6 Å². The summed E-state index contributed by atoms with van der Waals surface area (Å²) in [6.07, 6.45) is 0. The molecule has 7 nitrogen and oxygen atoms in total. The Labute approximate surface area is 137 Å². The SMILES string of the molecule is O=C(NNS(=O)(=O)c1ccccc1F)c1ccc2c(c1)OCCO2. The van der Waals surface area contributed by atoms with Gasteiger partial charge in [-0.1, -0.05) is 12.1 Å². The molecule has 9 heteroatoms. The Morgan fingerprint density at radius 3 is 2.50 bits per heavy atom. The van der Waals surface area contributed by atoms with Crippen molar-refractivity contribution in [3.05, 3.63) is 53.8 Å². The molecule has 0 spiro atoms. The van der Waals surface area contributed by atoms with Gasteiger partial charge < -0.3 is 9.47 Å². The van der Waals surface area contributed by atoms with Gasteiger partial charge in [0.25, 0.3) is 15.9 Å². The topological polar surface area (TPSA) is 93.7 Å². The van der Waals surface area contributed by atoms with Crippen molar-refractivity contribution in [1.29, 1.82) is 0 Å². The number of fused-ring (bicyclic) bond motifs is 1. The average Bonchev–Trinajstić information content (AvgIpc) is 2.59. The van der Waals surface area contributed by atoms with Crippen molar-refractivity contribution in [2.24, 2.45) is 0 Å². The van der Waals surface area contributed by atoms with Crippen LogP contribution in [0.4, 0.5) is 4.39 Å². The van der Waals surface area contributed by atoms with E-state index in [-0.39, 0.29) is 5.56 Å². The highest BCUT2D eigenvalue weighted by molar-refractivity contribution is 7.89. The van der Waals surface area contributed by atoms with E-state index in [2.05, 4.69) is 0 Å². The molecular weight excluding hydrogens is 339 g/mol. The number of hydrogen-bond donors (Lipinski definition) is 2. The van der Waals surface area contributed by atoms with E-state index in [1.54, 1.807) is 6.07 Å². The Morgan fingerprint density at radius 1 is 1.04 bits per heavy atom. The number of carbonyl (C=O) groups is 1. The summed E-state index contributed by atoms with van der Waals surface area (Å²) >= 11 is 0. The molecule has 0 aliphatic carbocycles. The van der Waals surface area contributed by atoms with E-state index in [1.165, 1.54) is 24.3 Å². The number of hydrazine groups is 1. The smallest absolute Gasteiger partial charge is 0.266 e. The number of halogens is 1. The van der Waals surface area contributed by atoms with Gasteiger partial charge in [0, 0.05) is 5.56 Å². The summed E-state index contributed by atoms with van der Waals surface area (Å²) in [5.74, 6) is -0.735. The van der Waals surface area contributed by atoms with Crippen LogP contribution in [0, 0.1) is 5.82 Å². The molecule has 0 unspecified atom stereocenters. The van der Waals surface area contributed by atoms with Crippen LogP contribution < -0.4 is 19.7 Å². The van der Waals surface area contributed by atoms with Gasteiger partial charge in [-0.3, -0.25) is 10.2 Å². The van der Waals surface area contributed by atoms with Crippen molar-refractivity contribution in [3.63, 3.8) is 0 Å². The fourth-order valence-corrected chi connectivity index (χ4v) is 3.01. The summed E-state index contributed by atoms with van der Waals surface area (Å²) in [6, 6.07) is 9.28. The highest BCUT2D eigenvalue weighted by Crippen LogP contribution is 2.30. The molecule has 2 aromatic rings. The Morgan fingerprint density at radius 2 is 1.75 bits per heavy atom. The first-order valence-electron chi connectivity index (χ1n) is 6.94. The van der Waals surface area contributed by atoms with E-state index in [1.807, 2.05) is 10.3 Å². The fraction of sp³-hybridized carbons (Fsp3) is 0.133. The second-order valence-electron chi connectivity index (χ2n) is 4.85. The number of benzene rings is 2. The third-order valence-corrected chi connectivity index (χ3v) is 4.51. The molecule has 0 radical (unpaired) electrons. The molecule has 1 amide bonds. The molecule has 0 atom stereocenters. The zero-order valence-corrected chi connectivity index (χ0v) is 13.1. The minimum absolute atomic E-state index is 0.162. The van der Waals surface area contributed by atoms with Crippen molar-refractivity contribution in [2.75, 3.05) is 13.2 Å². The Hall–Kier alpha value is -2.65.